The minimum atomic E-state index is -1.82. The number of benzene rings is 3. The molecule has 12 heteroatoms. The number of aromatic nitrogens is 1. The molecule has 0 fully saturated rings. The molecule has 0 spiro atoms. The molecule has 1 aliphatic heterocycles. The lowest BCUT2D eigenvalue weighted by molar-refractivity contribution is -0.133. The van der Waals surface area contributed by atoms with E-state index in [0.717, 1.165) is 34.4 Å². The van der Waals surface area contributed by atoms with Gasteiger partial charge in [0, 0.05) is 35.0 Å². The molecular formula is C34H34F2N6O3S. The summed E-state index contributed by atoms with van der Waals surface area (Å²) in [7, 11) is 1.68. The van der Waals surface area contributed by atoms with E-state index >= 15 is 4.39 Å². The van der Waals surface area contributed by atoms with Crippen LogP contribution in [0, 0.1) is 36.8 Å². The van der Waals surface area contributed by atoms with Crippen molar-refractivity contribution in [2.45, 2.75) is 38.8 Å². The number of rotatable bonds is 11. The van der Waals surface area contributed by atoms with Crippen molar-refractivity contribution in [2.24, 2.45) is 5.10 Å². The van der Waals surface area contributed by atoms with Gasteiger partial charge in [-0.05, 0) is 55.8 Å². The van der Waals surface area contributed by atoms with Gasteiger partial charge in [-0.1, -0.05) is 37.3 Å². The monoisotopic (exact) mass is 644 g/mol. The lowest BCUT2D eigenvalue weighted by Crippen LogP contribution is -2.44. The number of ether oxygens (including phenoxy) is 1. The molecule has 0 bridgehead atoms. The summed E-state index contributed by atoms with van der Waals surface area (Å²) in [5, 5.41) is 32.7. The average Bonchev–Trinajstić information content (AvgIpc) is 3.68. The van der Waals surface area contributed by atoms with Crippen molar-refractivity contribution < 1.29 is 23.4 Å². The molecule has 46 heavy (non-hydrogen) atoms. The maximum Gasteiger partial charge on any atom is 0.325 e. The van der Waals surface area contributed by atoms with Gasteiger partial charge in [0.2, 0.25) is 0 Å². The molecule has 3 aromatic carbocycles. The molecule has 0 unspecified atom stereocenters. The zero-order valence-corrected chi connectivity index (χ0v) is 26.7. The third kappa shape index (κ3) is 7.07. The first-order valence-corrected chi connectivity index (χ1v) is 15.5. The molecule has 2 heterocycles. The van der Waals surface area contributed by atoms with Crippen LogP contribution < -0.4 is 10.1 Å². The number of thiazole rings is 1. The van der Waals surface area contributed by atoms with E-state index in [0.29, 0.717) is 35.2 Å². The van der Waals surface area contributed by atoms with Crippen LogP contribution in [-0.2, 0) is 16.9 Å². The number of carbonyl (C=O) groups excluding carboxylic acids is 1. The van der Waals surface area contributed by atoms with Gasteiger partial charge in [-0.3, -0.25) is 9.80 Å². The summed E-state index contributed by atoms with van der Waals surface area (Å²) < 4.78 is 34.7. The number of hydrogen-bond donors (Lipinski definition) is 2. The Morgan fingerprint density at radius 1 is 1.17 bits per heavy atom. The van der Waals surface area contributed by atoms with E-state index in [1.807, 2.05) is 36.3 Å². The predicted molar refractivity (Wildman–Crippen MR) is 172 cm³/mol. The van der Waals surface area contributed by atoms with Crippen LogP contribution in [0.2, 0.25) is 0 Å². The first-order chi connectivity index (χ1) is 22.0. The number of aryl methyl sites for hydroxylation is 2. The van der Waals surface area contributed by atoms with E-state index in [2.05, 4.69) is 16.5 Å². The Hall–Kier alpha value is -4.70. The van der Waals surface area contributed by atoms with Gasteiger partial charge in [-0.15, -0.1) is 11.3 Å². The Balaban J connectivity index is 1.35. The van der Waals surface area contributed by atoms with Gasteiger partial charge >= 0.3 is 5.97 Å². The summed E-state index contributed by atoms with van der Waals surface area (Å²) in [6.07, 6.45) is 1.66. The maximum atomic E-state index is 15.3. The summed E-state index contributed by atoms with van der Waals surface area (Å²) in [5.74, 6) is -2.14. The number of halogens is 2. The van der Waals surface area contributed by atoms with Crippen LogP contribution in [0.15, 0.2) is 65.1 Å². The highest BCUT2D eigenvalue weighted by molar-refractivity contribution is 7.10. The molecule has 0 saturated heterocycles. The fourth-order valence-electron chi connectivity index (χ4n) is 5.54. The third-order valence-corrected chi connectivity index (χ3v) is 8.93. The molecule has 0 saturated carbocycles. The highest BCUT2D eigenvalue weighted by Gasteiger charge is 2.43. The number of nitriles is 1. The van der Waals surface area contributed by atoms with E-state index in [1.165, 1.54) is 17.4 Å². The van der Waals surface area contributed by atoms with Gasteiger partial charge in [0.15, 0.2) is 0 Å². The van der Waals surface area contributed by atoms with E-state index in [9.17, 15) is 14.3 Å². The van der Waals surface area contributed by atoms with Crippen LogP contribution >= 0.6 is 11.3 Å². The second-order valence-corrected chi connectivity index (χ2v) is 12.3. The molecule has 0 amide bonds. The number of aliphatic hydroxyl groups is 1. The van der Waals surface area contributed by atoms with E-state index in [4.69, 9.17) is 15.0 Å². The van der Waals surface area contributed by atoms with Crippen molar-refractivity contribution in [2.75, 3.05) is 26.8 Å². The number of hydrazone groups is 1. The van der Waals surface area contributed by atoms with Crippen molar-refractivity contribution in [1.29, 1.82) is 5.26 Å². The molecule has 9 nitrogen and oxygen atoms in total. The summed E-state index contributed by atoms with van der Waals surface area (Å²) in [4.78, 5) is 18.7. The standard InChI is InChI=1S/C34H34F2N6O3S/c1-21-11-25(12-22(2)32(21)45-31(43)15-38-4)16-41-19-39-42(20-41)18-34(44,28-10-9-27(35)13-29(28)36)23(3)33-40-30(17-46-33)26-7-5-24(14-37)6-8-26/h5-13,17,19,23,38,44H,15-16,18,20H2,1-4H3/t23-,34+/m0/s1. The number of hydrogen-bond acceptors (Lipinski definition) is 10. The molecule has 5 rings (SSSR count). The van der Waals surface area contributed by atoms with Crippen molar-refractivity contribution in [3.63, 3.8) is 0 Å². The largest absolute Gasteiger partial charge is 0.425 e. The Labute approximate surface area is 270 Å². The molecule has 0 aliphatic carbocycles. The van der Waals surface area contributed by atoms with Gasteiger partial charge in [0.25, 0.3) is 0 Å². The summed E-state index contributed by atoms with van der Waals surface area (Å²) >= 11 is 1.33. The average molecular weight is 645 g/mol. The maximum absolute atomic E-state index is 15.3. The summed E-state index contributed by atoms with van der Waals surface area (Å²) in [5.41, 5.74) is 2.75. The number of esters is 1. The fraction of sp³-hybridized carbons (Fsp3) is 0.294. The predicted octanol–water partition coefficient (Wildman–Crippen LogP) is 5.41. The molecule has 4 aromatic rings. The second-order valence-electron chi connectivity index (χ2n) is 11.4. The normalized spacial score (nSPS) is 14.7. The lowest BCUT2D eigenvalue weighted by Gasteiger charge is -2.36. The van der Waals surface area contributed by atoms with Crippen molar-refractivity contribution >= 4 is 23.6 Å². The van der Waals surface area contributed by atoms with Gasteiger partial charge in [-0.2, -0.15) is 10.4 Å². The highest BCUT2D eigenvalue weighted by atomic mass is 32.1. The summed E-state index contributed by atoms with van der Waals surface area (Å²) in [6, 6.07) is 16.2. The van der Waals surface area contributed by atoms with Crippen LogP contribution in [0.1, 0.15) is 45.7 Å². The minimum Gasteiger partial charge on any atom is -0.425 e. The fourth-order valence-corrected chi connectivity index (χ4v) is 6.52. The molecule has 2 atom stereocenters. The topological polar surface area (TPSA) is 114 Å². The third-order valence-electron chi connectivity index (χ3n) is 7.91. The van der Waals surface area contributed by atoms with E-state index in [-0.39, 0.29) is 24.6 Å². The van der Waals surface area contributed by atoms with Crippen LogP contribution in [0.3, 0.4) is 0 Å². The first-order valence-electron chi connectivity index (χ1n) is 14.6. The quantitative estimate of drug-likeness (QED) is 0.165. The molecule has 0 radical (unpaired) electrons. The Morgan fingerprint density at radius 2 is 1.89 bits per heavy atom. The molecule has 1 aliphatic rings. The number of nitrogens with zero attached hydrogens (tertiary/aromatic N) is 5. The first kappa shape index (κ1) is 32.7. The number of β-amino-alcohol motifs (C(OH)–C–C–N with tert-alkyl or cyclic N) is 1. The van der Waals surface area contributed by atoms with Crippen LogP contribution in [0.25, 0.3) is 11.3 Å². The van der Waals surface area contributed by atoms with Gasteiger partial charge in [-0.25, -0.2) is 13.8 Å². The van der Waals surface area contributed by atoms with E-state index in [1.54, 1.807) is 49.6 Å². The number of carbonyl (C=O) groups is 1. The van der Waals surface area contributed by atoms with Crippen molar-refractivity contribution in [1.82, 2.24) is 20.2 Å². The zero-order chi connectivity index (χ0) is 33.0. The van der Waals surface area contributed by atoms with Gasteiger partial charge in [0.1, 0.15) is 36.0 Å². The van der Waals surface area contributed by atoms with Crippen molar-refractivity contribution in [3.8, 4) is 23.1 Å². The highest BCUT2D eigenvalue weighted by Crippen LogP contribution is 2.41. The molecule has 238 valence electrons. The van der Waals surface area contributed by atoms with Gasteiger partial charge in [0.05, 0.1) is 35.4 Å². The second kappa shape index (κ2) is 13.7. The summed E-state index contributed by atoms with van der Waals surface area (Å²) in [6.45, 7) is 6.34. The number of nitrogens with one attached hydrogen (secondary N) is 1. The molecule has 2 N–H and O–H groups in total. The van der Waals surface area contributed by atoms with Crippen LogP contribution in [0.4, 0.5) is 8.78 Å². The Kier molecular flexibility index (Phi) is 9.76. The minimum absolute atomic E-state index is 0.0557. The zero-order valence-electron chi connectivity index (χ0n) is 25.9. The van der Waals surface area contributed by atoms with Crippen LogP contribution in [-0.4, -0.2) is 59.1 Å². The smallest absolute Gasteiger partial charge is 0.325 e. The molecular weight excluding hydrogens is 610 g/mol. The van der Waals surface area contributed by atoms with Gasteiger partial charge < -0.3 is 20.1 Å². The van der Waals surface area contributed by atoms with Crippen molar-refractivity contribution in [3.05, 3.63) is 104 Å². The number of likely N-dealkylation sites (N-methyl/N-ethyl adjacent to an activating group) is 1. The SMILES string of the molecule is CNCC(=O)Oc1c(C)cc(CN2C=NN(C[C@](O)(c3ccc(F)cc3F)[C@@H](C)c3nc(-c4ccc(C#N)cc4)cs3)C2)cc1C. The molecule has 1 aromatic heterocycles. The van der Waals surface area contributed by atoms with Crippen LogP contribution in [0.5, 0.6) is 5.75 Å². The van der Waals surface area contributed by atoms with E-state index < -0.39 is 23.2 Å². The Morgan fingerprint density at radius 3 is 2.54 bits per heavy atom. The Bertz CT molecular complexity index is 1780. The lowest BCUT2D eigenvalue weighted by atomic mass is 9.81.